The van der Waals surface area contributed by atoms with E-state index >= 15 is 0 Å². The average molecular weight is 481 g/mol. The molecular weight excluding hydrogens is 455 g/mol. The molecule has 7 heteroatoms. The molecule has 34 heavy (non-hydrogen) atoms. The molecule has 0 unspecified atom stereocenters. The SMILES string of the molecule is COC(=O)[C@@H](OC(C)(C)C)c1c(C)cc2nc(-c3cccc(-c4ccc(F)cc4)c3)cn2c1Cl. The van der Waals surface area contributed by atoms with Gasteiger partial charge in [0, 0.05) is 17.3 Å². The molecule has 1 atom stereocenters. The Kier molecular flexibility index (Phi) is 6.47. The Hall–Kier alpha value is -3.22. The van der Waals surface area contributed by atoms with Gasteiger partial charge in [0.2, 0.25) is 0 Å². The van der Waals surface area contributed by atoms with Crippen LogP contribution in [0.4, 0.5) is 4.39 Å². The quantitative estimate of drug-likeness (QED) is 0.233. The number of carbonyl (C=O) groups excluding carboxylic acids is 1. The maximum atomic E-state index is 13.3. The van der Waals surface area contributed by atoms with Crippen molar-refractivity contribution >= 4 is 23.2 Å². The molecule has 0 saturated carbocycles. The van der Waals surface area contributed by atoms with Gasteiger partial charge in [-0.15, -0.1) is 0 Å². The zero-order chi connectivity index (χ0) is 24.6. The van der Waals surface area contributed by atoms with E-state index in [-0.39, 0.29) is 5.82 Å². The van der Waals surface area contributed by atoms with Crippen molar-refractivity contribution in [2.75, 3.05) is 7.11 Å². The zero-order valence-electron chi connectivity index (χ0n) is 19.7. The summed E-state index contributed by atoms with van der Waals surface area (Å²) in [4.78, 5) is 17.4. The largest absolute Gasteiger partial charge is 0.467 e. The number of rotatable bonds is 5. The Morgan fingerprint density at radius 1 is 1.06 bits per heavy atom. The van der Waals surface area contributed by atoms with Gasteiger partial charge in [-0.05, 0) is 68.7 Å². The Labute approximate surface area is 203 Å². The number of imidazole rings is 1. The number of hydrogen-bond donors (Lipinski definition) is 0. The van der Waals surface area contributed by atoms with Crippen LogP contribution in [0.3, 0.4) is 0 Å². The van der Waals surface area contributed by atoms with Gasteiger partial charge in [-0.25, -0.2) is 14.2 Å². The number of esters is 1. The lowest BCUT2D eigenvalue weighted by atomic mass is 10.0. The van der Waals surface area contributed by atoms with Gasteiger partial charge < -0.3 is 9.47 Å². The Morgan fingerprint density at radius 3 is 2.38 bits per heavy atom. The van der Waals surface area contributed by atoms with Crippen LogP contribution < -0.4 is 0 Å². The molecule has 0 aliphatic heterocycles. The summed E-state index contributed by atoms with van der Waals surface area (Å²) in [5, 5.41) is 0.336. The highest BCUT2D eigenvalue weighted by molar-refractivity contribution is 6.31. The van der Waals surface area contributed by atoms with Crippen LogP contribution in [0.1, 0.15) is 38.0 Å². The molecular formula is C27H26ClFN2O3. The van der Waals surface area contributed by atoms with E-state index in [1.54, 1.807) is 16.5 Å². The summed E-state index contributed by atoms with van der Waals surface area (Å²) in [6.07, 6.45) is 0.852. The number of halogens is 2. The van der Waals surface area contributed by atoms with Crippen LogP contribution in [0.2, 0.25) is 5.15 Å². The lowest BCUT2D eigenvalue weighted by Gasteiger charge is -2.27. The highest BCUT2D eigenvalue weighted by atomic mass is 35.5. The van der Waals surface area contributed by atoms with Crippen LogP contribution in [0.25, 0.3) is 28.0 Å². The van der Waals surface area contributed by atoms with Gasteiger partial charge in [-0.2, -0.15) is 0 Å². The number of hydrogen-bond acceptors (Lipinski definition) is 4. The number of nitrogens with zero attached hydrogens (tertiary/aromatic N) is 2. The van der Waals surface area contributed by atoms with Gasteiger partial charge in [0.15, 0.2) is 6.10 Å². The minimum atomic E-state index is -0.977. The second-order valence-corrected chi connectivity index (χ2v) is 9.47. The van der Waals surface area contributed by atoms with E-state index in [0.717, 1.165) is 22.3 Å². The summed E-state index contributed by atoms with van der Waals surface area (Å²) < 4.78 is 26.1. The molecule has 0 N–H and O–H groups in total. The molecule has 4 rings (SSSR count). The summed E-state index contributed by atoms with van der Waals surface area (Å²) in [5.41, 5.74) is 4.82. The average Bonchev–Trinajstić information content (AvgIpc) is 3.22. The molecule has 2 aromatic heterocycles. The molecule has 0 aliphatic carbocycles. The lowest BCUT2D eigenvalue weighted by Crippen LogP contribution is -2.29. The van der Waals surface area contributed by atoms with E-state index in [1.165, 1.54) is 19.2 Å². The Morgan fingerprint density at radius 2 is 1.74 bits per heavy atom. The van der Waals surface area contributed by atoms with Gasteiger partial charge in [0.25, 0.3) is 0 Å². The molecule has 0 aliphatic rings. The summed E-state index contributed by atoms with van der Waals surface area (Å²) in [7, 11) is 1.33. The maximum absolute atomic E-state index is 13.3. The highest BCUT2D eigenvalue weighted by Gasteiger charge is 2.32. The number of pyridine rings is 1. The summed E-state index contributed by atoms with van der Waals surface area (Å²) >= 11 is 6.81. The predicted molar refractivity (Wildman–Crippen MR) is 131 cm³/mol. The molecule has 0 bridgehead atoms. The van der Waals surface area contributed by atoms with E-state index in [4.69, 9.17) is 26.1 Å². The van der Waals surface area contributed by atoms with Crippen molar-refractivity contribution in [2.24, 2.45) is 0 Å². The standard InChI is InChI=1S/C27H26ClFN2O3/c1-16-13-22-30-21(19-8-6-7-18(14-19)17-9-11-20(29)12-10-17)15-31(22)25(28)23(16)24(26(32)33-5)34-27(2,3)4/h6-15,24H,1-5H3/t24-/m0/s1. The molecule has 4 aromatic rings. The molecule has 0 fully saturated rings. The molecule has 0 saturated heterocycles. The first-order chi connectivity index (χ1) is 16.1. The maximum Gasteiger partial charge on any atom is 0.339 e. The van der Waals surface area contributed by atoms with Crippen molar-refractivity contribution in [3.8, 4) is 22.4 Å². The number of ether oxygens (including phenoxy) is 2. The summed E-state index contributed by atoms with van der Waals surface area (Å²) in [6, 6.07) is 16.1. The fourth-order valence-electron chi connectivity index (χ4n) is 3.86. The first kappa shape index (κ1) is 23.9. The smallest absolute Gasteiger partial charge is 0.339 e. The monoisotopic (exact) mass is 480 g/mol. The zero-order valence-corrected chi connectivity index (χ0v) is 20.5. The second-order valence-electron chi connectivity index (χ2n) is 9.11. The molecule has 2 aromatic carbocycles. The summed E-state index contributed by atoms with van der Waals surface area (Å²) in [5.74, 6) is -0.798. The van der Waals surface area contributed by atoms with Gasteiger partial charge in [-0.3, -0.25) is 4.40 Å². The highest BCUT2D eigenvalue weighted by Crippen LogP contribution is 2.35. The van der Waals surface area contributed by atoms with Crippen molar-refractivity contribution in [1.29, 1.82) is 0 Å². The van der Waals surface area contributed by atoms with Gasteiger partial charge in [0.1, 0.15) is 16.6 Å². The van der Waals surface area contributed by atoms with Gasteiger partial charge in [-0.1, -0.05) is 41.9 Å². The van der Waals surface area contributed by atoms with E-state index < -0.39 is 17.7 Å². The number of aromatic nitrogens is 2. The van der Waals surface area contributed by atoms with Crippen LogP contribution in [-0.4, -0.2) is 28.1 Å². The normalized spacial score (nSPS) is 12.7. The molecule has 5 nitrogen and oxygen atoms in total. The van der Waals surface area contributed by atoms with Crippen molar-refractivity contribution in [3.05, 3.63) is 82.9 Å². The molecule has 0 spiro atoms. The number of methoxy groups -OCH3 is 1. The molecule has 2 heterocycles. The molecule has 0 radical (unpaired) electrons. The minimum absolute atomic E-state index is 0.276. The van der Waals surface area contributed by atoms with Crippen LogP contribution >= 0.6 is 11.6 Å². The van der Waals surface area contributed by atoms with E-state index in [0.29, 0.717) is 22.1 Å². The molecule has 176 valence electrons. The van der Waals surface area contributed by atoms with E-state index in [1.807, 2.05) is 64.2 Å². The van der Waals surface area contributed by atoms with Crippen molar-refractivity contribution in [1.82, 2.24) is 9.38 Å². The number of benzene rings is 2. The number of fused-ring (bicyclic) bond motifs is 1. The van der Waals surface area contributed by atoms with E-state index in [2.05, 4.69) is 0 Å². The second kappa shape index (κ2) is 9.20. The first-order valence-electron chi connectivity index (χ1n) is 10.9. The third-order valence-electron chi connectivity index (χ3n) is 5.42. The van der Waals surface area contributed by atoms with Crippen LogP contribution in [-0.2, 0) is 14.3 Å². The van der Waals surface area contributed by atoms with Gasteiger partial charge in [0.05, 0.1) is 18.4 Å². The number of carbonyl (C=O) groups is 1. The topological polar surface area (TPSA) is 52.8 Å². The Balaban J connectivity index is 1.80. The number of aryl methyl sites for hydroxylation is 1. The van der Waals surface area contributed by atoms with Crippen LogP contribution in [0.15, 0.2) is 60.8 Å². The van der Waals surface area contributed by atoms with Crippen molar-refractivity contribution < 1.29 is 18.7 Å². The van der Waals surface area contributed by atoms with Crippen molar-refractivity contribution in [2.45, 2.75) is 39.4 Å². The fourth-order valence-corrected chi connectivity index (χ4v) is 4.24. The molecule has 0 amide bonds. The lowest BCUT2D eigenvalue weighted by molar-refractivity contribution is -0.164. The summed E-state index contributed by atoms with van der Waals surface area (Å²) in [6.45, 7) is 7.48. The minimum Gasteiger partial charge on any atom is -0.467 e. The third-order valence-corrected chi connectivity index (χ3v) is 5.81. The Bertz CT molecular complexity index is 1360. The van der Waals surface area contributed by atoms with Crippen LogP contribution in [0.5, 0.6) is 0 Å². The fraction of sp³-hybridized carbons (Fsp3) is 0.259. The van der Waals surface area contributed by atoms with Gasteiger partial charge >= 0.3 is 5.97 Å². The van der Waals surface area contributed by atoms with Crippen molar-refractivity contribution in [3.63, 3.8) is 0 Å². The third kappa shape index (κ3) is 4.83. The van der Waals surface area contributed by atoms with Crippen LogP contribution in [0, 0.1) is 12.7 Å². The first-order valence-corrected chi connectivity index (χ1v) is 11.3. The van der Waals surface area contributed by atoms with E-state index in [9.17, 15) is 9.18 Å². The predicted octanol–water partition coefficient (Wildman–Crippen LogP) is 6.80.